The van der Waals surface area contributed by atoms with Crippen molar-refractivity contribution in [2.75, 3.05) is 13.7 Å². The van der Waals surface area contributed by atoms with Gasteiger partial charge in [-0.3, -0.25) is 9.59 Å². The van der Waals surface area contributed by atoms with Crippen LogP contribution in [0.25, 0.3) is 11.8 Å². The molecule has 9 heteroatoms. The number of alkyl carbamates (subject to hydrolysis) is 1. The van der Waals surface area contributed by atoms with Gasteiger partial charge in [0.1, 0.15) is 11.4 Å². The predicted molar refractivity (Wildman–Crippen MR) is 182 cm³/mol. The summed E-state index contributed by atoms with van der Waals surface area (Å²) in [5, 5.41) is 2.72. The summed E-state index contributed by atoms with van der Waals surface area (Å²) in [4.78, 5) is 45.0. The predicted octanol–water partition coefficient (Wildman–Crippen LogP) is 7.21. The molecule has 1 N–H and O–H groups in total. The molecule has 1 aliphatic heterocycles. The molecule has 0 saturated carbocycles. The molecule has 1 atom stereocenters. The summed E-state index contributed by atoms with van der Waals surface area (Å²) in [7, 11) is 1.64. The lowest BCUT2D eigenvalue weighted by Crippen LogP contribution is -2.38. The van der Waals surface area contributed by atoms with E-state index in [1.54, 1.807) is 25.6 Å². The highest BCUT2D eigenvalue weighted by Crippen LogP contribution is 2.31. The van der Waals surface area contributed by atoms with Crippen LogP contribution >= 0.6 is 0 Å². The molecule has 0 radical (unpaired) electrons. The zero-order valence-corrected chi connectivity index (χ0v) is 27.9. The van der Waals surface area contributed by atoms with Crippen LogP contribution in [-0.2, 0) is 16.1 Å². The van der Waals surface area contributed by atoms with Crippen molar-refractivity contribution in [1.82, 2.24) is 19.8 Å². The van der Waals surface area contributed by atoms with E-state index >= 15 is 0 Å². The second-order valence-corrected chi connectivity index (χ2v) is 12.8. The van der Waals surface area contributed by atoms with Crippen molar-refractivity contribution in [3.8, 4) is 11.4 Å². The Morgan fingerprint density at radius 3 is 2.32 bits per heavy atom. The zero-order chi connectivity index (χ0) is 33.7. The molecule has 2 amide bonds. The number of likely N-dealkylation sites (tertiary alicyclic amines) is 1. The summed E-state index contributed by atoms with van der Waals surface area (Å²) in [6, 6.07) is 20.4. The second-order valence-electron chi connectivity index (χ2n) is 12.8. The van der Waals surface area contributed by atoms with Gasteiger partial charge >= 0.3 is 6.09 Å². The minimum Gasteiger partial charge on any atom is -0.495 e. The van der Waals surface area contributed by atoms with Gasteiger partial charge in [-0.05, 0) is 82.4 Å². The van der Waals surface area contributed by atoms with Crippen molar-refractivity contribution in [3.63, 3.8) is 0 Å². The highest BCUT2D eigenvalue weighted by molar-refractivity contribution is 6.09. The molecule has 1 fully saturated rings. The van der Waals surface area contributed by atoms with Gasteiger partial charge in [0.2, 0.25) is 5.91 Å². The smallest absolute Gasteiger partial charge is 0.407 e. The first-order valence-corrected chi connectivity index (χ1v) is 15.8. The summed E-state index contributed by atoms with van der Waals surface area (Å²) < 4.78 is 12.8. The minimum absolute atomic E-state index is 0.0124. The van der Waals surface area contributed by atoms with Crippen LogP contribution in [0.1, 0.15) is 84.9 Å². The van der Waals surface area contributed by atoms with Gasteiger partial charge < -0.3 is 24.3 Å². The highest BCUT2D eigenvalue weighted by atomic mass is 16.6. The molecule has 1 saturated heterocycles. The van der Waals surface area contributed by atoms with Crippen LogP contribution in [-0.4, -0.2) is 51.5 Å². The fourth-order valence-electron chi connectivity index (χ4n) is 5.61. The second kappa shape index (κ2) is 14.1. The molecule has 2 heterocycles. The van der Waals surface area contributed by atoms with E-state index in [2.05, 4.69) is 10.3 Å². The van der Waals surface area contributed by atoms with Crippen LogP contribution in [0.15, 0.2) is 84.8 Å². The number of ether oxygens (including phenoxy) is 2. The number of benzene rings is 3. The van der Waals surface area contributed by atoms with Gasteiger partial charge in [0.15, 0.2) is 5.78 Å². The van der Waals surface area contributed by atoms with Gasteiger partial charge in [-0.25, -0.2) is 9.78 Å². The van der Waals surface area contributed by atoms with E-state index in [0.717, 1.165) is 40.1 Å². The van der Waals surface area contributed by atoms with Gasteiger partial charge in [-0.1, -0.05) is 54.6 Å². The average Bonchev–Trinajstić information content (AvgIpc) is 3.49. The summed E-state index contributed by atoms with van der Waals surface area (Å²) in [5.41, 5.74) is 5.82. The Morgan fingerprint density at radius 2 is 1.70 bits per heavy atom. The highest BCUT2D eigenvalue weighted by Gasteiger charge is 2.28. The van der Waals surface area contributed by atoms with E-state index < -0.39 is 11.7 Å². The molecule has 0 aliphatic carbocycles. The first kappa shape index (κ1) is 33.2. The molecule has 4 aromatic rings. The first-order valence-electron chi connectivity index (χ1n) is 15.8. The monoisotopic (exact) mass is 634 g/mol. The van der Waals surface area contributed by atoms with Crippen molar-refractivity contribution in [1.29, 1.82) is 0 Å². The Labute approximate surface area is 276 Å². The largest absolute Gasteiger partial charge is 0.495 e. The number of carbonyl (C=O) groups is 3. The summed E-state index contributed by atoms with van der Waals surface area (Å²) in [6.45, 7) is 10.4. The number of nitrogens with one attached hydrogen (secondary N) is 1. The average molecular weight is 635 g/mol. The van der Waals surface area contributed by atoms with E-state index in [0.29, 0.717) is 36.4 Å². The van der Waals surface area contributed by atoms with E-state index in [-0.39, 0.29) is 17.7 Å². The number of rotatable bonds is 9. The molecule has 47 heavy (non-hydrogen) atoms. The topological polar surface area (TPSA) is 103 Å². The Kier molecular flexibility index (Phi) is 9.94. The number of hydrogen-bond donors (Lipinski definition) is 1. The van der Waals surface area contributed by atoms with Crippen LogP contribution in [0.4, 0.5) is 4.79 Å². The lowest BCUT2D eigenvalue weighted by molar-refractivity contribution is -0.130. The van der Waals surface area contributed by atoms with Gasteiger partial charge in [-0.2, -0.15) is 0 Å². The van der Waals surface area contributed by atoms with E-state index in [9.17, 15) is 14.4 Å². The van der Waals surface area contributed by atoms with Crippen LogP contribution in [0.2, 0.25) is 0 Å². The Morgan fingerprint density at radius 1 is 1.02 bits per heavy atom. The van der Waals surface area contributed by atoms with Crippen molar-refractivity contribution >= 4 is 23.9 Å². The molecule has 1 aliphatic rings. The van der Waals surface area contributed by atoms with Crippen LogP contribution in [0.5, 0.6) is 5.75 Å². The number of piperidine rings is 1. The van der Waals surface area contributed by atoms with Crippen molar-refractivity contribution in [3.05, 3.63) is 118 Å². The maximum absolute atomic E-state index is 13.7. The summed E-state index contributed by atoms with van der Waals surface area (Å²) in [6.07, 6.45) is 6.73. The zero-order valence-electron chi connectivity index (χ0n) is 27.9. The third-order valence-electron chi connectivity index (χ3n) is 8.09. The number of imidazole rings is 1. The van der Waals surface area contributed by atoms with E-state index in [1.165, 1.54) is 0 Å². The summed E-state index contributed by atoms with van der Waals surface area (Å²) >= 11 is 0. The van der Waals surface area contributed by atoms with Crippen LogP contribution in [0, 0.1) is 6.92 Å². The summed E-state index contributed by atoms with van der Waals surface area (Å²) in [5.74, 6) is 0.615. The third kappa shape index (κ3) is 8.16. The Hall–Kier alpha value is -5.18. The first-order chi connectivity index (χ1) is 22.4. The molecule has 5 rings (SSSR count). The number of carbonyl (C=O) groups excluding carboxylic acids is 3. The van der Waals surface area contributed by atoms with Gasteiger partial charge in [0, 0.05) is 36.0 Å². The number of aromatic nitrogens is 2. The van der Waals surface area contributed by atoms with Gasteiger partial charge in [-0.15, -0.1) is 0 Å². The Balaban J connectivity index is 1.23. The van der Waals surface area contributed by atoms with Crippen LogP contribution < -0.4 is 10.1 Å². The standard InChI is InChI=1S/C38H42N4O5/c1-25-23-41(24-40-25)33-18-11-28(21-34(33)46-6)20-32-8-7-19-42(36(32)44)26(2)29-14-16-31(17-15-29)35(43)30-12-9-27(10-13-30)22-39-37(45)47-38(3,4)5/h9-18,20-21,23-24,26H,7-8,19,22H2,1-6H3,(H,39,45)/b32-20+/t26-/m0/s1. The number of amides is 2. The maximum atomic E-state index is 13.7. The molecule has 3 aromatic carbocycles. The quantitative estimate of drug-likeness (QED) is 0.154. The third-order valence-corrected chi connectivity index (χ3v) is 8.09. The molecule has 0 bridgehead atoms. The van der Waals surface area contributed by atoms with E-state index in [1.807, 2.05) is 111 Å². The van der Waals surface area contributed by atoms with Gasteiger partial charge in [0.25, 0.3) is 0 Å². The van der Waals surface area contributed by atoms with E-state index in [4.69, 9.17) is 9.47 Å². The molecule has 9 nitrogen and oxygen atoms in total. The van der Waals surface area contributed by atoms with Crippen molar-refractivity contribution in [2.24, 2.45) is 0 Å². The normalized spacial score (nSPS) is 15.0. The lowest BCUT2D eigenvalue weighted by Gasteiger charge is -2.34. The minimum atomic E-state index is -0.568. The maximum Gasteiger partial charge on any atom is 0.407 e. The molecule has 244 valence electrons. The SMILES string of the molecule is COc1cc(/C=C2\CCCN([C@@H](C)c3ccc(C(=O)c4ccc(CNC(=O)OC(C)(C)C)cc4)cc3)C2=O)ccc1-n1cnc(C)c1. The fraction of sp³-hybridized carbons (Fsp3) is 0.316. The number of nitrogens with zero attached hydrogens (tertiary/aromatic N) is 3. The van der Waals surface area contributed by atoms with Crippen LogP contribution in [0.3, 0.4) is 0 Å². The number of hydrogen-bond acceptors (Lipinski definition) is 6. The molecular weight excluding hydrogens is 592 g/mol. The molecule has 0 unspecified atom stereocenters. The number of methoxy groups -OCH3 is 1. The fourth-order valence-corrected chi connectivity index (χ4v) is 5.61. The molecular formula is C38H42N4O5. The Bertz CT molecular complexity index is 1780. The number of aryl methyl sites for hydroxylation is 1. The van der Waals surface area contributed by atoms with Crippen molar-refractivity contribution < 1.29 is 23.9 Å². The number of ketones is 1. The molecule has 0 spiro atoms. The molecule has 1 aromatic heterocycles. The van der Waals surface area contributed by atoms with Crippen molar-refractivity contribution in [2.45, 2.75) is 65.6 Å². The lowest BCUT2D eigenvalue weighted by atomic mass is 9.96. The van der Waals surface area contributed by atoms with Gasteiger partial charge in [0.05, 0.1) is 30.9 Å².